The third-order valence-electron chi connectivity index (χ3n) is 5.42. The average molecular weight is 450 g/mol. The van der Waals surface area contributed by atoms with E-state index in [0.717, 1.165) is 10.3 Å². The van der Waals surface area contributed by atoms with Crippen LogP contribution in [0.1, 0.15) is 12.6 Å². The molecule has 170 valence electrons. The van der Waals surface area contributed by atoms with Crippen LogP contribution in [0.25, 0.3) is 16.7 Å². The van der Waals surface area contributed by atoms with Crippen molar-refractivity contribution in [2.75, 3.05) is 11.9 Å². The highest BCUT2D eigenvalue weighted by atomic mass is 19.1. The van der Waals surface area contributed by atoms with E-state index in [1.807, 2.05) is 6.92 Å². The third-order valence-corrected chi connectivity index (χ3v) is 5.42. The fourth-order valence-corrected chi connectivity index (χ4v) is 3.74. The molecule has 0 aliphatic carbocycles. The first-order valence-corrected chi connectivity index (χ1v) is 10.4. The molecule has 33 heavy (non-hydrogen) atoms. The Morgan fingerprint density at radius 3 is 2.48 bits per heavy atom. The monoisotopic (exact) mass is 450 g/mol. The molecule has 0 unspecified atom stereocenters. The van der Waals surface area contributed by atoms with Crippen LogP contribution >= 0.6 is 0 Å². The Morgan fingerprint density at radius 1 is 1.09 bits per heavy atom. The molecule has 0 aliphatic rings. The van der Waals surface area contributed by atoms with Gasteiger partial charge in [0, 0.05) is 12.7 Å². The number of halogens is 1. The van der Waals surface area contributed by atoms with Gasteiger partial charge in [0.1, 0.15) is 23.6 Å². The minimum absolute atomic E-state index is 0.211. The van der Waals surface area contributed by atoms with E-state index in [2.05, 4.69) is 5.32 Å². The number of rotatable bonds is 6. The molecule has 1 N–H and O–H groups in total. The quantitative estimate of drug-likeness (QED) is 0.489. The normalized spacial score (nSPS) is 11.0. The summed E-state index contributed by atoms with van der Waals surface area (Å²) in [6, 6.07) is 13.7. The lowest BCUT2D eigenvalue weighted by Crippen LogP contribution is -2.41. The topological polar surface area (TPSA) is 87.3 Å². The van der Waals surface area contributed by atoms with Crippen LogP contribution in [-0.4, -0.2) is 26.2 Å². The number of ether oxygens (including phenoxy) is 1. The molecule has 0 atom stereocenters. The van der Waals surface area contributed by atoms with Crippen molar-refractivity contribution in [2.45, 2.75) is 20.4 Å². The van der Waals surface area contributed by atoms with Gasteiger partial charge in [0.15, 0.2) is 0 Å². The molecule has 0 fully saturated rings. The van der Waals surface area contributed by atoms with Crippen molar-refractivity contribution in [1.82, 2.24) is 13.7 Å². The molecule has 9 heteroatoms. The van der Waals surface area contributed by atoms with E-state index in [4.69, 9.17) is 4.74 Å². The summed E-state index contributed by atoms with van der Waals surface area (Å²) in [7, 11) is 1.71. The van der Waals surface area contributed by atoms with Gasteiger partial charge in [0.05, 0.1) is 23.5 Å². The van der Waals surface area contributed by atoms with Gasteiger partial charge in [0.25, 0.3) is 5.56 Å². The maximum absolute atomic E-state index is 13.4. The Morgan fingerprint density at radius 2 is 1.79 bits per heavy atom. The maximum Gasteiger partial charge on any atom is 0.336 e. The lowest BCUT2D eigenvalue weighted by atomic mass is 10.3. The molecule has 2 aromatic heterocycles. The minimum Gasteiger partial charge on any atom is -0.492 e. The number of aryl methyl sites for hydroxylation is 2. The van der Waals surface area contributed by atoms with Gasteiger partial charge in [0.2, 0.25) is 5.91 Å². The third kappa shape index (κ3) is 4.05. The van der Waals surface area contributed by atoms with Crippen LogP contribution in [0, 0.1) is 12.7 Å². The average Bonchev–Trinajstić information content (AvgIpc) is 3.08. The second kappa shape index (κ2) is 8.78. The van der Waals surface area contributed by atoms with E-state index in [1.54, 1.807) is 48.9 Å². The number of para-hydroxylation sites is 2. The summed E-state index contributed by atoms with van der Waals surface area (Å²) in [6.07, 6.45) is 0. The van der Waals surface area contributed by atoms with Crippen molar-refractivity contribution in [1.29, 1.82) is 0 Å². The van der Waals surface area contributed by atoms with Crippen molar-refractivity contribution >= 4 is 22.6 Å². The molecule has 8 nitrogen and oxygen atoms in total. The Bertz CT molecular complexity index is 1470. The van der Waals surface area contributed by atoms with Crippen LogP contribution in [0.15, 0.2) is 64.2 Å². The largest absolute Gasteiger partial charge is 0.492 e. The van der Waals surface area contributed by atoms with Crippen LogP contribution in [0.4, 0.5) is 10.1 Å². The summed E-state index contributed by atoms with van der Waals surface area (Å²) in [4.78, 5) is 39.6. The van der Waals surface area contributed by atoms with Crippen molar-refractivity contribution in [3.05, 3.63) is 86.9 Å². The predicted octanol–water partition coefficient (Wildman–Crippen LogP) is 2.98. The predicted molar refractivity (Wildman–Crippen MR) is 124 cm³/mol. The van der Waals surface area contributed by atoms with Crippen LogP contribution in [0.3, 0.4) is 0 Å². The Hall–Kier alpha value is -4.14. The molecule has 2 aromatic carbocycles. The van der Waals surface area contributed by atoms with Gasteiger partial charge in [-0.1, -0.05) is 12.1 Å². The van der Waals surface area contributed by atoms with Gasteiger partial charge in [-0.05, 0) is 56.3 Å². The highest BCUT2D eigenvalue weighted by Crippen LogP contribution is 2.24. The van der Waals surface area contributed by atoms with Crippen LogP contribution in [0.2, 0.25) is 0 Å². The number of hydrogen-bond acceptors (Lipinski definition) is 4. The standard InChI is InChI=1S/C24H23FN4O4/c1-4-33-20-8-6-5-7-18(20)26-21(30)14-28-19-13-15(2)27(3)22(19)23(31)29(24(28)32)17-11-9-16(25)10-12-17/h5-13H,4,14H2,1-3H3,(H,26,30). The number of nitrogens with one attached hydrogen (secondary N) is 1. The number of benzene rings is 2. The van der Waals surface area contributed by atoms with Gasteiger partial charge < -0.3 is 14.6 Å². The molecule has 0 spiro atoms. The number of hydrogen-bond donors (Lipinski definition) is 1. The Balaban J connectivity index is 1.83. The summed E-state index contributed by atoms with van der Waals surface area (Å²) in [5.41, 5.74) is 0.797. The van der Waals surface area contributed by atoms with E-state index >= 15 is 0 Å². The van der Waals surface area contributed by atoms with Crippen LogP contribution in [0.5, 0.6) is 5.75 Å². The summed E-state index contributed by atoms with van der Waals surface area (Å²) >= 11 is 0. The number of carbonyl (C=O) groups is 1. The smallest absolute Gasteiger partial charge is 0.336 e. The summed E-state index contributed by atoms with van der Waals surface area (Å²) < 4.78 is 22.8. The van der Waals surface area contributed by atoms with Crippen molar-refractivity contribution in [3.8, 4) is 11.4 Å². The number of amides is 1. The maximum atomic E-state index is 13.4. The first-order chi connectivity index (χ1) is 15.8. The first-order valence-electron chi connectivity index (χ1n) is 10.4. The highest BCUT2D eigenvalue weighted by Gasteiger charge is 2.20. The number of fused-ring (bicyclic) bond motifs is 1. The zero-order valence-corrected chi connectivity index (χ0v) is 18.5. The first kappa shape index (κ1) is 22.1. The Kier molecular flexibility index (Phi) is 5.87. The lowest BCUT2D eigenvalue weighted by molar-refractivity contribution is -0.116. The van der Waals surface area contributed by atoms with Gasteiger partial charge in [-0.15, -0.1) is 0 Å². The number of carbonyl (C=O) groups excluding carboxylic acids is 1. The second-order valence-electron chi connectivity index (χ2n) is 7.54. The summed E-state index contributed by atoms with van der Waals surface area (Å²) in [6.45, 7) is 3.74. The molecule has 4 aromatic rings. The molecule has 1 amide bonds. The molecule has 4 rings (SSSR count). The molecule has 0 aliphatic heterocycles. The Labute approximate surface area is 188 Å². The molecule has 0 bridgehead atoms. The zero-order chi connectivity index (χ0) is 23.7. The van der Waals surface area contributed by atoms with Crippen molar-refractivity contribution in [3.63, 3.8) is 0 Å². The van der Waals surface area contributed by atoms with Gasteiger partial charge in [-0.2, -0.15) is 0 Å². The van der Waals surface area contributed by atoms with E-state index in [9.17, 15) is 18.8 Å². The summed E-state index contributed by atoms with van der Waals surface area (Å²) in [5, 5.41) is 2.77. The van der Waals surface area contributed by atoms with E-state index in [-0.39, 0.29) is 17.7 Å². The molecular formula is C24H23FN4O4. The van der Waals surface area contributed by atoms with E-state index < -0.39 is 23.0 Å². The molecule has 2 heterocycles. The number of nitrogens with zero attached hydrogens (tertiary/aromatic N) is 3. The zero-order valence-electron chi connectivity index (χ0n) is 18.5. The van der Waals surface area contributed by atoms with E-state index in [1.165, 1.54) is 28.8 Å². The number of aromatic nitrogens is 3. The van der Waals surface area contributed by atoms with Crippen molar-refractivity contribution < 1.29 is 13.9 Å². The molecular weight excluding hydrogens is 427 g/mol. The second-order valence-corrected chi connectivity index (χ2v) is 7.54. The number of anilines is 1. The fourth-order valence-electron chi connectivity index (χ4n) is 3.74. The van der Waals surface area contributed by atoms with Crippen molar-refractivity contribution in [2.24, 2.45) is 7.05 Å². The van der Waals surface area contributed by atoms with Crippen LogP contribution in [-0.2, 0) is 18.4 Å². The minimum atomic E-state index is -0.696. The highest BCUT2D eigenvalue weighted by molar-refractivity contribution is 5.93. The SMILES string of the molecule is CCOc1ccccc1NC(=O)Cn1c(=O)n(-c2ccc(F)cc2)c(=O)c2c1cc(C)n2C. The molecule has 0 saturated carbocycles. The van der Waals surface area contributed by atoms with Gasteiger partial charge >= 0.3 is 5.69 Å². The van der Waals surface area contributed by atoms with E-state index in [0.29, 0.717) is 23.6 Å². The molecule has 0 radical (unpaired) electrons. The van der Waals surface area contributed by atoms with Gasteiger partial charge in [-0.25, -0.2) is 13.8 Å². The van der Waals surface area contributed by atoms with Crippen LogP contribution < -0.4 is 21.3 Å². The van der Waals surface area contributed by atoms with Gasteiger partial charge in [-0.3, -0.25) is 14.2 Å². The lowest BCUT2D eigenvalue weighted by Gasteiger charge is -2.14. The fraction of sp³-hybridized carbons (Fsp3) is 0.208. The molecule has 0 saturated heterocycles. The summed E-state index contributed by atoms with van der Waals surface area (Å²) in [5.74, 6) is -0.440.